The van der Waals surface area contributed by atoms with Gasteiger partial charge in [0, 0.05) is 37.0 Å². The lowest BCUT2D eigenvalue weighted by molar-refractivity contribution is -0.137. The molecule has 0 spiro atoms. The van der Waals surface area contributed by atoms with E-state index in [0.29, 0.717) is 24.3 Å². The van der Waals surface area contributed by atoms with Crippen LogP contribution in [0.15, 0.2) is 16.7 Å². The number of amides is 1. The molecule has 7 nitrogen and oxygen atoms in total. The molecule has 26 heavy (non-hydrogen) atoms. The maximum absolute atomic E-state index is 13.1. The molecule has 7 heteroatoms. The molecule has 0 bridgehead atoms. The molecule has 1 aliphatic rings. The van der Waals surface area contributed by atoms with Gasteiger partial charge in [0.25, 0.3) is 5.91 Å². The fourth-order valence-electron chi connectivity index (χ4n) is 3.77. The highest BCUT2D eigenvalue weighted by Gasteiger charge is 2.27. The molecule has 1 saturated heterocycles. The molecule has 1 fully saturated rings. The minimum atomic E-state index is -0.778. The minimum Gasteiger partial charge on any atom is -0.481 e. The van der Waals surface area contributed by atoms with Crippen LogP contribution in [-0.2, 0) is 4.79 Å². The van der Waals surface area contributed by atoms with Crippen LogP contribution in [0, 0.1) is 26.7 Å². The van der Waals surface area contributed by atoms with E-state index in [9.17, 15) is 9.59 Å². The number of rotatable bonds is 5. The molecule has 3 rings (SSSR count). The number of aryl methyl sites for hydroxylation is 2. The van der Waals surface area contributed by atoms with Crippen molar-refractivity contribution < 1.29 is 19.2 Å². The number of hydrogen-bond donors (Lipinski definition) is 1. The second kappa shape index (κ2) is 7.35. The Balaban J connectivity index is 1.78. The topological polar surface area (TPSA) is 88.6 Å². The Kier molecular flexibility index (Phi) is 5.15. The highest BCUT2D eigenvalue weighted by molar-refractivity contribution is 5.96. The summed E-state index contributed by atoms with van der Waals surface area (Å²) in [5, 5.41) is 12.9. The second-order valence-electron chi connectivity index (χ2n) is 7.11. The van der Waals surface area contributed by atoms with Crippen LogP contribution in [0.4, 0.5) is 0 Å². The number of carboxylic acids is 1. The van der Waals surface area contributed by atoms with Crippen LogP contribution >= 0.6 is 0 Å². The lowest BCUT2D eigenvalue weighted by atomic mass is 9.93. The van der Waals surface area contributed by atoms with Crippen LogP contribution in [0.3, 0.4) is 0 Å². The van der Waals surface area contributed by atoms with Crippen molar-refractivity contribution in [3.63, 3.8) is 0 Å². The third-order valence-electron chi connectivity index (χ3n) is 5.08. The van der Waals surface area contributed by atoms with Crippen LogP contribution in [0.25, 0.3) is 5.82 Å². The second-order valence-corrected chi connectivity index (χ2v) is 7.11. The summed E-state index contributed by atoms with van der Waals surface area (Å²) >= 11 is 0. The first-order valence-electron chi connectivity index (χ1n) is 9.00. The lowest BCUT2D eigenvalue weighted by Gasteiger charge is -2.32. The number of aromatic nitrogens is 2. The predicted octanol–water partition coefficient (Wildman–Crippen LogP) is 3.11. The molecule has 1 atom stereocenters. The molecule has 140 valence electrons. The molecule has 2 aromatic heterocycles. The van der Waals surface area contributed by atoms with Crippen molar-refractivity contribution in [3.05, 3.63) is 34.8 Å². The fraction of sp³-hybridized carbons (Fsp3) is 0.526. The van der Waals surface area contributed by atoms with Gasteiger partial charge in [-0.1, -0.05) is 5.16 Å². The maximum atomic E-state index is 13.1. The molecule has 0 aromatic carbocycles. The molecule has 2 aromatic rings. The van der Waals surface area contributed by atoms with E-state index < -0.39 is 5.97 Å². The number of carboxylic acid groups (broad SMARTS) is 1. The fourth-order valence-corrected chi connectivity index (χ4v) is 3.77. The zero-order valence-corrected chi connectivity index (χ0v) is 15.5. The van der Waals surface area contributed by atoms with Crippen LogP contribution in [-0.4, -0.2) is 44.7 Å². The van der Waals surface area contributed by atoms with Gasteiger partial charge in [-0.05, 0) is 52.0 Å². The van der Waals surface area contributed by atoms with Crippen molar-refractivity contribution in [3.8, 4) is 5.82 Å². The van der Waals surface area contributed by atoms with Gasteiger partial charge in [0.05, 0.1) is 5.56 Å². The Bertz CT molecular complexity index is 821. The zero-order valence-electron chi connectivity index (χ0n) is 15.5. The normalized spacial score (nSPS) is 17.5. The van der Waals surface area contributed by atoms with Gasteiger partial charge < -0.3 is 14.5 Å². The molecule has 3 heterocycles. The van der Waals surface area contributed by atoms with Crippen LogP contribution in [0.1, 0.15) is 53.2 Å². The number of nitrogens with zero attached hydrogens (tertiary/aromatic N) is 3. The van der Waals surface area contributed by atoms with Crippen molar-refractivity contribution in [2.45, 2.75) is 46.5 Å². The quantitative estimate of drug-likeness (QED) is 0.886. The Morgan fingerprint density at radius 1 is 1.31 bits per heavy atom. The van der Waals surface area contributed by atoms with Crippen LogP contribution < -0.4 is 0 Å². The number of carbonyl (C=O) groups excluding carboxylic acids is 1. The average Bonchev–Trinajstić information content (AvgIpc) is 3.15. The van der Waals surface area contributed by atoms with Crippen molar-refractivity contribution in [2.75, 3.05) is 13.1 Å². The molecule has 1 aliphatic heterocycles. The zero-order chi connectivity index (χ0) is 18.8. The molecule has 1 N–H and O–H groups in total. The molecule has 0 saturated carbocycles. The summed E-state index contributed by atoms with van der Waals surface area (Å²) in [5.74, 6) is 0.877. The Hall–Kier alpha value is -2.57. The molecule has 0 radical (unpaired) electrons. The monoisotopic (exact) mass is 359 g/mol. The van der Waals surface area contributed by atoms with Gasteiger partial charge in [-0.3, -0.25) is 14.2 Å². The highest BCUT2D eigenvalue weighted by Crippen LogP contribution is 2.26. The number of hydrogen-bond acceptors (Lipinski definition) is 4. The number of aliphatic carboxylic acids is 1. The summed E-state index contributed by atoms with van der Waals surface area (Å²) in [5.41, 5.74) is 2.44. The Morgan fingerprint density at radius 3 is 2.73 bits per heavy atom. The van der Waals surface area contributed by atoms with E-state index >= 15 is 0 Å². The van der Waals surface area contributed by atoms with E-state index in [1.54, 1.807) is 0 Å². The van der Waals surface area contributed by atoms with Gasteiger partial charge in [0.15, 0.2) is 5.82 Å². The first kappa shape index (κ1) is 18.2. The highest BCUT2D eigenvalue weighted by atomic mass is 16.5. The SMILES string of the molecule is Cc1cc(-n2c(C)cc(C(=O)N3CCC[C@@H](CCC(=O)O)C3)c2C)no1. The first-order chi connectivity index (χ1) is 12.4. The number of piperidine rings is 1. The van der Waals surface area contributed by atoms with E-state index in [2.05, 4.69) is 5.16 Å². The van der Waals surface area contributed by atoms with Gasteiger partial charge in [-0.25, -0.2) is 0 Å². The Morgan fingerprint density at radius 2 is 2.08 bits per heavy atom. The smallest absolute Gasteiger partial charge is 0.303 e. The molecule has 1 amide bonds. The summed E-state index contributed by atoms with van der Waals surface area (Å²) in [6.07, 6.45) is 2.68. The predicted molar refractivity (Wildman–Crippen MR) is 95.5 cm³/mol. The van der Waals surface area contributed by atoms with Crippen molar-refractivity contribution in [1.82, 2.24) is 14.6 Å². The minimum absolute atomic E-state index is 0.00425. The molecule has 0 unspecified atom stereocenters. The third-order valence-corrected chi connectivity index (χ3v) is 5.08. The van der Waals surface area contributed by atoms with E-state index in [0.717, 1.165) is 36.5 Å². The maximum Gasteiger partial charge on any atom is 0.303 e. The van der Waals surface area contributed by atoms with Gasteiger partial charge in [0.2, 0.25) is 0 Å². The average molecular weight is 359 g/mol. The summed E-state index contributed by atoms with van der Waals surface area (Å²) in [7, 11) is 0. The standard InChI is InChI=1S/C19H25N3O4/c1-12-9-16(14(3)22(12)17-10-13(2)26-20-17)19(25)21-8-4-5-15(11-21)6-7-18(23)24/h9-10,15H,4-8,11H2,1-3H3,(H,23,24)/t15-/m0/s1. The van der Waals surface area contributed by atoms with Gasteiger partial charge in [0.1, 0.15) is 5.76 Å². The van der Waals surface area contributed by atoms with Crippen LogP contribution in [0.5, 0.6) is 0 Å². The van der Waals surface area contributed by atoms with Crippen LogP contribution in [0.2, 0.25) is 0 Å². The van der Waals surface area contributed by atoms with E-state index in [4.69, 9.17) is 9.63 Å². The number of likely N-dealkylation sites (tertiary alicyclic amines) is 1. The van der Waals surface area contributed by atoms with Gasteiger partial charge in [-0.15, -0.1) is 0 Å². The third kappa shape index (κ3) is 3.66. The summed E-state index contributed by atoms with van der Waals surface area (Å²) in [4.78, 5) is 25.7. The van der Waals surface area contributed by atoms with Crippen molar-refractivity contribution in [2.24, 2.45) is 5.92 Å². The summed E-state index contributed by atoms with van der Waals surface area (Å²) in [6, 6.07) is 3.74. The lowest BCUT2D eigenvalue weighted by Crippen LogP contribution is -2.40. The largest absolute Gasteiger partial charge is 0.481 e. The molecule has 0 aliphatic carbocycles. The Labute approximate surface area is 152 Å². The van der Waals surface area contributed by atoms with Crippen molar-refractivity contribution in [1.29, 1.82) is 0 Å². The van der Waals surface area contributed by atoms with E-state index in [1.165, 1.54) is 0 Å². The summed E-state index contributed by atoms with van der Waals surface area (Å²) < 4.78 is 7.09. The van der Waals surface area contributed by atoms with Gasteiger partial charge in [-0.2, -0.15) is 0 Å². The first-order valence-corrected chi connectivity index (χ1v) is 9.00. The molecular formula is C19H25N3O4. The van der Waals surface area contributed by atoms with E-state index in [1.807, 2.05) is 42.4 Å². The van der Waals surface area contributed by atoms with E-state index in [-0.39, 0.29) is 18.2 Å². The van der Waals surface area contributed by atoms with Gasteiger partial charge >= 0.3 is 5.97 Å². The molecular weight excluding hydrogens is 334 g/mol. The number of carbonyl (C=O) groups is 2. The summed E-state index contributed by atoms with van der Waals surface area (Å²) in [6.45, 7) is 7.03. The van der Waals surface area contributed by atoms with Crippen molar-refractivity contribution >= 4 is 11.9 Å².